The van der Waals surface area contributed by atoms with E-state index in [1.54, 1.807) is 13.8 Å². The Morgan fingerprint density at radius 2 is 1.75 bits per heavy atom. The number of hydroxylamine groups is 2. The first kappa shape index (κ1) is 23.9. The number of hydrogen-bond donors (Lipinski definition) is 3. The fraction of sp³-hybridized carbons (Fsp3) is 0.632. The number of unbranched alkanes of at least 4 members (excludes halogenated alkanes) is 5. The Bertz CT molecular complexity index is 671. The highest BCUT2D eigenvalue weighted by atomic mass is 32.1. The molecule has 0 aliphatic carbocycles. The van der Waals surface area contributed by atoms with Crippen molar-refractivity contribution in [2.24, 2.45) is 0 Å². The number of nitrogens with zero attached hydrogens (tertiary/aromatic N) is 1. The van der Waals surface area contributed by atoms with E-state index in [-0.39, 0.29) is 15.4 Å². The monoisotopic (exact) mass is 413 g/mol. The Balaban J connectivity index is 2.74. The number of thiophene rings is 1. The normalized spacial score (nSPS) is 10.6. The second kappa shape index (κ2) is 12.4. The summed E-state index contributed by atoms with van der Waals surface area (Å²) in [4.78, 5) is 41.5. The maximum atomic E-state index is 12.5. The van der Waals surface area contributed by atoms with Gasteiger partial charge in [-0.3, -0.25) is 14.9 Å². The van der Waals surface area contributed by atoms with Gasteiger partial charge in [-0.15, -0.1) is 11.3 Å². The average Bonchev–Trinajstić information content (AvgIpc) is 2.97. The number of anilines is 1. The van der Waals surface area contributed by atoms with Crippen LogP contribution in [0.25, 0.3) is 0 Å². The molecule has 0 saturated heterocycles. The van der Waals surface area contributed by atoms with Gasteiger partial charge in [-0.05, 0) is 25.8 Å². The molecule has 0 atom stereocenters. The molecule has 8 nitrogen and oxygen atoms in total. The number of carboxylic acid groups (broad SMARTS) is 1. The molecule has 0 unspecified atom stereocenters. The van der Waals surface area contributed by atoms with Crippen LogP contribution < -0.4 is 10.6 Å². The van der Waals surface area contributed by atoms with Crippen LogP contribution in [0, 0.1) is 6.92 Å². The molecule has 3 amide bonds. The minimum Gasteiger partial charge on any atom is -0.478 e. The highest BCUT2D eigenvalue weighted by Gasteiger charge is 2.27. The molecule has 28 heavy (non-hydrogen) atoms. The summed E-state index contributed by atoms with van der Waals surface area (Å²) < 4.78 is 0. The van der Waals surface area contributed by atoms with Crippen molar-refractivity contribution in [3.05, 3.63) is 16.0 Å². The van der Waals surface area contributed by atoms with Gasteiger partial charge < -0.3 is 10.4 Å². The van der Waals surface area contributed by atoms with E-state index in [0.29, 0.717) is 18.7 Å². The quantitative estimate of drug-likeness (QED) is 0.350. The molecule has 158 valence electrons. The topological polar surface area (TPSA) is 108 Å². The molecule has 1 aromatic heterocycles. The molecular formula is C19H31N3O5S. The van der Waals surface area contributed by atoms with E-state index in [0.717, 1.165) is 35.7 Å². The van der Waals surface area contributed by atoms with Gasteiger partial charge in [0.2, 0.25) is 0 Å². The fourth-order valence-corrected chi connectivity index (χ4v) is 3.92. The number of nitrogens with one attached hydrogen (secondary N) is 2. The van der Waals surface area contributed by atoms with E-state index in [1.165, 1.54) is 26.4 Å². The summed E-state index contributed by atoms with van der Waals surface area (Å²) in [6, 6.07) is -0.476. The van der Waals surface area contributed by atoms with Crippen molar-refractivity contribution in [2.75, 3.05) is 25.5 Å². The first-order valence-electron chi connectivity index (χ1n) is 9.64. The standard InChI is InChI=1S/C19H31N3O5S/c1-5-7-8-9-10-11-12-20-19(26)21-16-14(18(24)25)13(3)15(28-16)17(23)22(6-2)27-4/h5-12H2,1-4H3,(H,24,25)(H2,20,21,26). The molecule has 0 spiro atoms. The predicted molar refractivity (Wildman–Crippen MR) is 110 cm³/mol. The van der Waals surface area contributed by atoms with Crippen LogP contribution >= 0.6 is 11.3 Å². The predicted octanol–water partition coefficient (Wildman–Crippen LogP) is 4.26. The van der Waals surface area contributed by atoms with Crippen LogP contribution in [0.3, 0.4) is 0 Å². The Morgan fingerprint density at radius 1 is 1.11 bits per heavy atom. The first-order valence-corrected chi connectivity index (χ1v) is 10.5. The molecule has 0 fully saturated rings. The minimum atomic E-state index is -1.19. The van der Waals surface area contributed by atoms with Gasteiger partial charge >= 0.3 is 12.0 Å². The van der Waals surface area contributed by atoms with Crippen LogP contribution in [0.4, 0.5) is 9.80 Å². The van der Waals surface area contributed by atoms with E-state index in [4.69, 9.17) is 4.84 Å². The summed E-state index contributed by atoms with van der Waals surface area (Å²) >= 11 is 0.939. The summed E-state index contributed by atoms with van der Waals surface area (Å²) in [6.07, 6.45) is 6.67. The van der Waals surface area contributed by atoms with E-state index in [2.05, 4.69) is 17.6 Å². The summed E-state index contributed by atoms with van der Waals surface area (Å²) in [7, 11) is 1.37. The van der Waals surface area contributed by atoms with Crippen molar-refractivity contribution < 1.29 is 24.3 Å². The molecule has 1 rings (SSSR count). The zero-order chi connectivity index (χ0) is 21.1. The summed E-state index contributed by atoms with van der Waals surface area (Å²) in [5, 5.41) is 16.1. The van der Waals surface area contributed by atoms with Crippen LogP contribution in [-0.4, -0.2) is 48.3 Å². The van der Waals surface area contributed by atoms with Gasteiger partial charge in [-0.2, -0.15) is 0 Å². The zero-order valence-electron chi connectivity index (χ0n) is 17.1. The van der Waals surface area contributed by atoms with E-state index < -0.39 is 17.9 Å². The number of rotatable bonds is 12. The molecule has 9 heteroatoms. The molecule has 3 N–H and O–H groups in total. The number of carboxylic acids is 1. The molecule has 0 aliphatic heterocycles. The van der Waals surface area contributed by atoms with Gasteiger partial charge in [0.05, 0.1) is 12.7 Å². The van der Waals surface area contributed by atoms with Gasteiger partial charge in [0, 0.05) is 13.1 Å². The van der Waals surface area contributed by atoms with Crippen LogP contribution in [-0.2, 0) is 4.84 Å². The lowest BCUT2D eigenvalue weighted by molar-refractivity contribution is -0.0912. The van der Waals surface area contributed by atoms with Gasteiger partial charge in [-0.1, -0.05) is 39.0 Å². The van der Waals surface area contributed by atoms with E-state index in [1.807, 2.05) is 0 Å². The SMILES string of the molecule is CCCCCCCCNC(=O)Nc1sc(C(=O)N(CC)OC)c(C)c1C(=O)O. The third-order valence-electron chi connectivity index (χ3n) is 4.33. The largest absolute Gasteiger partial charge is 0.478 e. The number of carbonyl (C=O) groups is 3. The van der Waals surface area contributed by atoms with Gasteiger partial charge in [-0.25, -0.2) is 14.7 Å². The Morgan fingerprint density at radius 3 is 2.32 bits per heavy atom. The van der Waals surface area contributed by atoms with Crippen molar-refractivity contribution >= 4 is 34.2 Å². The molecule has 0 bridgehead atoms. The third-order valence-corrected chi connectivity index (χ3v) is 5.53. The highest BCUT2D eigenvalue weighted by molar-refractivity contribution is 7.18. The summed E-state index contributed by atoms with van der Waals surface area (Å²) in [5.74, 6) is -1.63. The van der Waals surface area contributed by atoms with Crippen LogP contribution in [0.15, 0.2) is 0 Å². The molecular weight excluding hydrogens is 382 g/mol. The second-order valence-electron chi connectivity index (χ2n) is 6.40. The number of carbonyl (C=O) groups excluding carboxylic acids is 2. The maximum absolute atomic E-state index is 12.5. The van der Waals surface area contributed by atoms with Crippen molar-refractivity contribution in [3.8, 4) is 0 Å². The summed E-state index contributed by atoms with van der Waals surface area (Å²) in [5.41, 5.74) is 0.236. The minimum absolute atomic E-state index is 0.0739. The molecule has 0 radical (unpaired) electrons. The molecule has 0 aromatic carbocycles. The van der Waals surface area contributed by atoms with Crippen molar-refractivity contribution in [2.45, 2.75) is 59.3 Å². The van der Waals surface area contributed by atoms with E-state index >= 15 is 0 Å². The zero-order valence-corrected chi connectivity index (χ0v) is 17.9. The van der Waals surface area contributed by atoms with Crippen molar-refractivity contribution in [1.29, 1.82) is 0 Å². The van der Waals surface area contributed by atoms with Crippen LogP contribution in [0.5, 0.6) is 0 Å². The Kier molecular flexibility index (Phi) is 10.5. The smallest absolute Gasteiger partial charge is 0.339 e. The number of hydrogen-bond acceptors (Lipinski definition) is 5. The summed E-state index contributed by atoms with van der Waals surface area (Å²) in [6.45, 7) is 6.30. The molecule has 1 aromatic rings. The molecule has 1 heterocycles. The lowest BCUT2D eigenvalue weighted by Gasteiger charge is -2.16. The third kappa shape index (κ3) is 6.79. The second-order valence-corrected chi connectivity index (χ2v) is 7.42. The molecule has 0 saturated carbocycles. The van der Waals surface area contributed by atoms with Gasteiger partial charge in [0.25, 0.3) is 5.91 Å². The Hall–Kier alpha value is -2.13. The number of aromatic carboxylic acids is 1. The van der Waals surface area contributed by atoms with Gasteiger partial charge in [0.1, 0.15) is 9.88 Å². The number of urea groups is 1. The number of amides is 3. The molecule has 0 aliphatic rings. The maximum Gasteiger partial charge on any atom is 0.339 e. The van der Waals surface area contributed by atoms with Crippen LogP contribution in [0.1, 0.15) is 78.0 Å². The fourth-order valence-electron chi connectivity index (χ4n) is 2.79. The van der Waals surface area contributed by atoms with Crippen LogP contribution in [0.2, 0.25) is 0 Å². The first-order chi connectivity index (χ1) is 13.4. The highest BCUT2D eigenvalue weighted by Crippen LogP contribution is 2.34. The lowest BCUT2D eigenvalue weighted by Crippen LogP contribution is -2.29. The van der Waals surface area contributed by atoms with Crippen molar-refractivity contribution in [1.82, 2.24) is 10.4 Å². The van der Waals surface area contributed by atoms with E-state index in [9.17, 15) is 19.5 Å². The Labute approximate surface area is 170 Å². The van der Waals surface area contributed by atoms with Gasteiger partial charge in [0.15, 0.2) is 0 Å². The van der Waals surface area contributed by atoms with Crippen molar-refractivity contribution in [3.63, 3.8) is 0 Å². The average molecular weight is 414 g/mol. The lowest BCUT2D eigenvalue weighted by atomic mass is 10.1.